The molecule has 0 saturated carbocycles. The van der Waals surface area contributed by atoms with Crippen molar-refractivity contribution >= 4 is 0 Å². The highest BCUT2D eigenvalue weighted by molar-refractivity contribution is 5.72. The summed E-state index contributed by atoms with van der Waals surface area (Å²) in [6.07, 6.45) is 0. The molecule has 0 bridgehead atoms. The lowest BCUT2D eigenvalue weighted by Gasteiger charge is -2.12. The number of hydrogen-bond acceptors (Lipinski definition) is 6. The lowest BCUT2D eigenvalue weighted by atomic mass is 10.1. The van der Waals surface area contributed by atoms with Gasteiger partial charge >= 0.3 is 0 Å². The summed E-state index contributed by atoms with van der Waals surface area (Å²) >= 11 is 0. The van der Waals surface area contributed by atoms with Crippen LogP contribution in [0, 0.1) is 11.3 Å². The molecule has 0 aliphatic heterocycles. The third kappa shape index (κ3) is 3.82. The summed E-state index contributed by atoms with van der Waals surface area (Å²) in [5.74, 6) is 2.22. The van der Waals surface area contributed by atoms with E-state index in [2.05, 4.69) is 16.0 Å². The Morgan fingerprint density at radius 3 is 1.89 bits per heavy atom. The third-order valence-electron chi connectivity index (χ3n) is 3.98. The minimum atomic E-state index is 0.270. The van der Waals surface area contributed by atoms with E-state index < -0.39 is 0 Å². The van der Waals surface area contributed by atoms with E-state index in [1.165, 1.54) is 0 Å². The first-order valence-corrected chi connectivity index (χ1v) is 8.44. The van der Waals surface area contributed by atoms with Crippen LogP contribution in [0.1, 0.15) is 12.5 Å². The van der Waals surface area contributed by atoms with Crippen LogP contribution in [0.25, 0.3) is 22.6 Å². The fraction of sp³-hybridized carbons (Fsp3) is 0.190. The Labute approximate surface area is 158 Å². The van der Waals surface area contributed by atoms with Crippen molar-refractivity contribution in [3.63, 3.8) is 0 Å². The molecule has 0 fully saturated rings. The summed E-state index contributed by atoms with van der Waals surface area (Å²) in [5, 5.41) is 9.67. The SMILES string of the molecule is CCOc1nc(-c2ccc(OC)cc2)nc(-c2ccc(OC)cc2)c1C#N. The Hall–Kier alpha value is -3.59. The molecule has 0 N–H and O–H groups in total. The monoisotopic (exact) mass is 361 g/mol. The standard InChI is InChI=1S/C21H19N3O3/c1-4-27-21-18(13-22)19(14-5-9-16(25-2)10-6-14)23-20(24-21)15-7-11-17(26-3)12-8-15/h5-12H,4H2,1-3H3. The first kappa shape index (κ1) is 18.2. The van der Waals surface area contributed by atoms with Gasteiger partial charge in [-0.25, -0.2) is 4.98 Å². The summed E-state index contributed by atoms with van der Waals surface area (Å²) < 4.78 is 16.0. The largest absolute Gasteiger partial charge is 0.497 e. The molecule has 2 aromatic carbocycles. The van der Waals surface area contributed by atoms with Gasteiger partial charge in [-0.15, -0.1) is 0 Å². The second kappa shape index (κ2) is 8.19. The molecule has 6 nitrogen and oxygen atoms in total. The van der Waals surface area contributed by atoms with Crippen LogP contribution in [0.3, 0.4) is 0 Å². The Morgan fingerprint density at radius 2 is 1.41 bits per heavy atom. The molecule has 0 aliphatic carbocycles. The number of hydrogen-bond donors (Lipinski definition) is 0. The van der Waals surface area contributed by atoms with Crippen molar-refractivity contribution in [2.24, 2.45) is 0 Å². The zero-order valence-corrected chi connectivity index (χ0v) is 15.4. The van der Waals surface area contributed by atoms with Gasteiger partial charge in [0.2, 0.25) is 5.88 Å². The van der Waals surface area contributed by atoms with E-state index in [0.29, 0.717) is 23.7 Å². The molecule has 3 aromatic rings. The van der Waals surface area contributed by atoms with Gasteiger partial charge in [0.15, 0.2) is 5.82 Å². The summed E-state index contributed by atoms with van der Waals surface area (Å²) in [6, 6.07) is 16.9. The van der Waals surface area contributed by atoms with E-state index in [4.69, 9.17) is 14.2 Å². The van der Waals surface area contributed by atoms with Gasteiger partial charge in [-0.3, -0.25) is 0 Å². The average molecular weight is 361 g/mol. The normalized spacial score (nSPS) is 10.1. The molecule has 1 heterocycles. The van der Waals surface area contributed by atoms with E-state index in [1.54, 1.807) is 14.2 Å². The number of methoxy groups -OCH3 is 2. The summed E-state index contributed by atoms with van der Waals surface area (Å²) in [4.78, 5) is 9.10. The van der Waals surface area contributed by atoms with Crippen LogP contribution in [0.5, 0.6) is 17.4 Å². The maximum Gasteiger partial charge on any atom is 0.236 e. The van der Waals surface area contributed by atoms with Gasteiger partial charge in [0, 0.05) is 11.1 Å². The highest BCUT2D eigenvalue weighted by Crippen LogP contribution is 2.31. The molecule has 0 aliphatic rings. The summed E-state index contributed by atoms with van der Waals surface area (Å²) in [6.45, 7) is 2.25. The lowest BCUT2D eigenvalue weighted by Crippen LogP contribution is -2.04. The molecule has 27 heavy (non-hydrogen) atoms. The van der Waals surface area contributed by atoms with Gasteiger partial charge in [0.05, 0.1) is 26.5 Å². The van der Waals surface area contributed by atoms with E-state index in [-0.39, 0.29) is 5.88 Å². The van der Waals surface area contributed by atoms with Crippen molar-refractivity contribution in [2.75, 3.05) is 20.8 Å². The zero-order chi connectivity index (χ0) is 19.2. The van der Waals surface area contributed by atoms with Crippen molar-refractivity contribution in [2.45, 2.75) is 6.92 Å². The van der Waals surface area contributed by atoms with Crippen molar-refractivity contribution in [1.82, 2.24) is 9.97 Å². The fourth-order valence-electron chi connectivity index (χ4n) is 2.61. The van der Waals surface area contributed by atoms with Crippen LogP contribution in [0.4, 0.5) is 0 Å². The maximum atomic E-state index is 9.67. The average Bonchev–Trinajstić information content (AvgIpc) is 2.73. The number of benzene rings is 2. The van der Waals surface area contributed by atoms with Crippen LogP contribution < -0.4 is 14.2 Å². The first-order valence-electron chi connectivity index (χ1n) is 8.44. The molecule has 1 aromatic heterocycles. The minimum absolute atomic E-state index is 0.270. The number of ether oxygens (including phenoxy) is 3. The van der Waals surface area contributed by atoms with E-state index in [1.807, 2.05) is 55.5 Å². The Balaban J connectivity index is 2.17. The Kier molecular flexibility index (Phi) is 5.53. The smallest absolute Gasteiger partial charge is 0.236 e. The molecular weight excluding hydrogens is 342 g/mol. The predicted octanol–water partition coefficient (Wildman–Crippen LogP) is 4.10. The number of nitriles is 1. The molecule has 0 spiro atoms. The van der Waals surface area contributed by atoms with Crippen molar-refractivity contribution < 1.29 is 14.2 Å². The molecule has 0 atom stereocenters. The second-order valence-electron chi connectivity index (χ2n) is 5.58. The highest BCUT2D eigenvalue weighted by Gasteiger charge is 2.18. The Morgan fingerprint density at radius 1 is 0.852 bits per heavy atom. The summed E-state index contributed by atoms with van der Waals surface area (Å²) in [7, 11) is 3.22. The fourth-order valence-corrected chi connectivity index (χ4v) is 2.61. The number of rotatable bonds is 6. The summed E-state index contributed by atoms with van der Waals surface area (Å²) in [5.41, 5.74) is 2.41. The van der Waals surface area contributed by atoms with Crippen LogP contribution in [0.15, 0.2) is 48.5 Å². The molecular formula is C21H19N3O3. The number of aromatic nitrogens is 2. The van der Waals surface area contributed by atoms with Gasteiger partial charge in [-0.05, 0) is 55.5 Å². The Bertz CT molecular complexity index is 962. The van der Waals surface area contributed by atoms with Crippen molar-refractivity contribution in [3.8, 4) is 46.1 Å². The first-order chi connectivity index (χ1) is 13.2. The van der Waals surface area contributed by atoms with Crippen LogP contribution >= 0.6 is 0 Å². The maximum absolute atomic E-state index is 9.67. The minimum Gasteiger partial charge on any atom is -0.497 e. The van der Waals surface area contributed by atoms with Gasteiger partial charge in [-0.2, -0.15) is 10.2 Å². The topological polar surface area (TPSA) is 77.3 Å². The number of nitrogens with zero attached hydrogens (tertiary/aromatic N) is 3. The molecule has 3 rings (SSSR count). The second-order valence-corrected chi connectivity index (χ2v) is 5.58. The molecule has 0 unspecified atom stereocenters. The molecule has 136 valence electrons. The quantitative estimate of drug-likeness (QED) is 0.658. The predicted molar refractivity (Wildman–Crippen MR) is 102 cm³/mol. The van der Waals surface area contributed by atoms with Crippen LogP contribution in [-0.4, -0.2) is 30.8 Å². The molecule has 0 saturated heterocycles. The van der Waals surface area contributed by atoms with E-state index in [0.717, 1.165) is 22.6 Å². The molecule has 0 radical (unpaired) electrons. The molecule has 6 heteroatoms. The van der Waals surface area contributed by atoms with Gasteiger partial charge in [-0.1, -0.05) is 0 Å². The van der Waals surface area contributed by atoms with Crippen molar-refractivity contribution in [3.05, 3.63) is 54.1 Å². The van der Waals surface area contributed by atoms with Crippen LogP contribution in [-0.2, 0) is 0 Å². The van der Waals surface area contributed by atoms with E-state index in [9.17, 15) is 5.26 Å². The molecule has 0 amide bonds. The zero-order valence-electron chi connectivity index (χ0n) is 15.4. The van der Waals surface area contributed by atoms with E-state index >= 15 is 0 Å². The van der Waals surface area contributed by atoms with Crippen LogP contribution in [0.2, 0.25) is 0 Å². The van der Waals surface area contributed by atoms with Gasteiger partial charge in [0.1, 0.15) is 23.1 Å². The highest BCUT2D eigenvalue weighted by atomic mass is 16.5. The van der Waals surface area contributed by atoms with Gasteiger partial charge < -0.3 is 14.2 Å². The lowest BCUT2D eigenvalue weighted by molar-refractivity contribution is 0.326. The third-order valence-corrected chi connectivity index (χ3v) is 3.98. The van der Waals surface area contributed by atoms with Crippen molar-refractivity contribution in [1.29, 1.82) is 5.26 Å². The van der Waals surface area contributed by atoms with Gasteiger partial charge in [0.25, 0.3) is 0 Å².